The van der Waals surface area contributed by atoms with E-state index in [4.69, 9.17) is 42.6 Å². The molecule has 0 radical (unpaired) electrons. The van der Waals surface area contributed by atoms with Crippen LogP contribution in [-0.2, 0) is 66.2 Å². The zero-order valence-corrected chi connectivity index (χ0v) is 49.3. The molecule has 6 rings (SSSR count). The van der Waals surface area contributed by atoms with E-state index in [9.17, 15) is 49.9 Å². The third-order valence-corrected chi connectivity index (χ3v) is 17.1. The second-order valence-electron chi connectivity index (χ2n) is 24.1. The van der Waals surface area contributed by atoms with Gasteiger partial charge < -0.3 is 88.2 Å². The van der Waals surface area contributed by atoms with Crippen molar-refractivity contribution in [2.75, 3.05) is 41.0 Å². The predicted octanol–water partition coefficient (Wildman–Crippen LogP) is 4.67. The number of carboxylic acid groups (broad SMARTS) is 1. The van der Waals surface area contributed by atoms with Gasteiger partial charge in [-0.15, -0.1) is 0 Å². The Balaban J connectivity index is 1.16. The molecular weight excluding hydrogens is 1040 g/mol. The number of carbonyl (C=O) groups excluding carboxylic acids is 2. The Morgan fingerprint density at radius 3 is 2.25 bits per heavy atom. The van der Waals surface area contributed by atoms with Crippen molar-refractivity contribution >= 4 is 34.6 Å². The number of aromatic nitrogens is 1. The van der Waals surface area contributed by atoms with Crippen molar-refractivity contribution < 1.29 is 87.8 Å². The van der Waals surface area contributed by atoms with Gasteiger partial charge in [-0.25, -0.2) is 9.59 Å². The number of esters is 1. The molecule has 7 N–H and O–H groups in total. The number of likely N-dealkylation sites (N-methyl/N-ethyl adjacent to an activating group) is 1. The van der Waals surface area contributed by atoms with E-state index >= 15 is 0 Å². The summed E-state index contributed by atoms with van der Waals surface area (Å²) in [6.07, 6.45) is -9.00. The number of carboxylic acids is 1. The average Bonchev–Trinajstić information content (AvgIpc) is 3.38. The van der Waals surface area contributed by atoms with E-state index in [0.717, 1.165) is 11.1 Å². The van der Waals surface area contributed by atoms with Gasteiger partial charge in [-0.3, -0.25) is 9.59 Å². The van der Waals surface area contributed by atoms with Crippen LogP contribution in [0.25, 0.3) is 10.9 Å². The maximum Gasteiger partial charge on any atom is 0.407 e. The summed E-state index contributed by atoms with van der Waals surface area (Å²) in [6, 6.07) is 3.30. The first kappa shape index (κ1) is 64.8. The van der Waals surface area contributed by atoms with Gasteiger partial charge in [0, 0.05) is 67.6 Å². The van der Waals surface area contributed by atoms with Crippen LogP contribution in [0.5, 0.6) is 0 Å². The van der Waals surface area contributed by atoms with Gasteiger partial charge in [0.2, 0.25) is 5.43 Å². The van der Waals surface area contributed by atoms with E-state index in [1.165, 1.54) is 27.2 Å². The Hall–Kier alpha value is -4.37. The number of oxime groups is 1. The Kier molecular flexibility index (Phi) is 21.1. The molecule has 2 aromatic rings. The summed E-state index contributed by atoms with van der Waals surface area (Å²) in [5.41, 5.74) is -4.54. The third-order valence-electron chi connectivity index (χ3n) is 17.1. The van der Waals surface area contributed by atoms with Gasteiger partial charge in [0.25, 0.3) is 0 Å². The van der Waals surface area contributed by atoms with Crippen LogP contribution in [0.15, 0.2) is 28.3 Å². The van der Waals surface area contributed by atoms with E-state index in [1.54, 1.807) is 59.1 Å². The summed E-state index contributed by atoms with van der Waals surface area (Å²) >= 11 is 0. The molecule has 18 atom stereocenters. The van der Waals surface area contributed by atoms with Gasteiger partial charge in [0.1, 0.15) is 34.7 Å². The van der Waals surface area contributed by atoms with E-state index in [1.807, 2.05) is 45.8 Å². The maximum absolute atomic E-state index is 14.5. The lowest BCUT2D eigenvalue weighted by Gasteiger charge is -2.49. The number of aromatic carboxylic acids is 1. The number of cyclic esters (lactones) is 1. The van der Waals surface area contributed by atoms with Crippen molar-refractivity contribution in [3.8, 4) is 0 Å². The number of alkyl carbamates (subject to hydrolysis) is 1. The van der Waals surface area contributed by atoms with Crippen LogP contribution in [0.4, 0.5) is 4.79 Å². The number of amides is 1. The normalized spacial score (nSPS) is 37.7. The maximum atomic E-state index is 14.5. The van der Waals surface area contributed by atoms with Crippen molar-refractivity contribution in [1.82, 2.24) is 14.8 Å². The number of hydrogen-bond donors (Lipinski definition) is 7. The van der Waals surface area contributed by atoms with Crippen LogP contribution in [-0.4, -0.2) is 189 Å². The van der Waals surface area contributed by atoms with Crippen LogP contribution in [0.3, 0.4) is 0 Å². The van der Waals surface area contributed by atoms with Gasteiger partial charge in [-0.05, 0) is 113 Å². The van der Waals surface area contributed by atoms with Crippen molar-refractivity contribution in [2.45, 2.75) is 218 Å². The fourth-order valence-corrected chi connectivity index (χ4v) is 12.5. The molecule has 0 aliphatic carbocycles. The van der Waals surface area contributed by atoms with Crippen molar-refractivity contribution in [3.63, 3.8) is 0 Å². The highest BCUT2D eigenvalue weighted by Crippen LogP contribution is 2.42. The first-order valence-corrected chi connectivity index (χ1v) is 28.0. The Morgan fingerprint density at radius 1 is 0.938 bits per heavy atom. The topological polar surface area (TPSA) is 305 Å². The molecule has 23 nitrogen and oxygen atoms in total. The predicted molar refractivity (Wildman–Crippen MR) is 291 cm³/mol. The summed E-state index contributed by atoms with van der Waals surface area (Å²) in [5, 5.41) is 74.9. The number of nitrogens with zero attached hydrogens (tertiary/aromatic N) is 3. The molecule has 3 saturated heterocycles. The second kappa shape index (κ2) is 26.0. The largest absolute Gasteiger partial charge is 0.477 e. The lowest BCUT2D eigenvalue weighted by atomic mass is 9.73. The molecule has 1 aromatic heterocycles. The fraction of sp³-hybridized carbons (Fsp3) is 0.772. The Bertz CT molecular complexity index is 2570. The van der Waals surface area contributed by atoms with E-state index in [0.29, 0.717) is 36.8 Å². The van der Waals surface area contributed by atoms with Crippen molar-refractivity contribution in [1.29, 1.82) is 0 Å². The van der Waals surface area contributed by atoms with Crippen LogP contribution in [0, 0.1) is 23.7 Å². The molecule has 1 aromatic carbocycles. The summed E-state index contributed by atoms with van der Waals surface area (Å²) in [7, 11) is 5.13. The number of benzene rings is 1. The number of methoxy groups -OCH3 is 1. The van der Waals surface area contributed by atoms with E-state index < -0.39 is 125 Å². The van der Waals surface area contributed by atoms with Gasteiger partial charge in [-0.1, -0.05) is 38.9 Å². The quantitative estimate of drug-likeness (QED) is 0.0520. The van der Waals surface area contributed by atoms with Gasteiger partial charge in [0.15, 0.2) is 18.7 Å². The van der Waals surface area contributed by atoms with Crippen LogP contribution in [0.2, 0.25) is 0 Å². The second-order valence-corrected chi connectivity index (χ2v) is 24.1. The van der Waals surface area contributed by atoms with Gasteiger partial charge >= 0.3 is 18.0 Å². The lowest BCUT2D eigenvalue weighted by molar-refractivity contribution is -0.317. The number of carbonyl (C=O) groups is 3. The summed E-state index contributed by atoms with van der Waals surface area (Å²) in [5.74, 6) is -5.95. The molecule has 23 heteroatoms. The number of nitrogens with one attached hydrogen (secondary N) is 1. The molecule has 0 bridgehead atoms. The number of aryl methyl sites for hydroxylation is 1. The van der Waals surface area contributed by atoms with Crippen LogP contribution in [0.1, 0.15) is 137 Å². The molecule has 4 aliphatic heterocycles. The van der Waals surface area contributed by atoms with Crippen molar-refractivity contribution in [3.05, 3.63) is 45.2 Å². The monoisotopic (exact) mass is 1130 g/mol. The number of aliphatic hydroxyl groups is 4. The third kappa shape index (κ3) is 14.0. The number of rotatable bonds is 16. The standard InChI is InChI=1S/C57H90N4O19/c1-16-40-57(12,70)47(64)31(4)42(59-71)29(2)25-55(10,69)48(79-52-45(63)39(60(13)14)22-30(3)75-52)32(5)46(33(6)51(67)77-40)78-41-26-56(11,72-15)49(34(7)76-41)80-53(68)58-19-21-73-20-17-18-35-23-36-28-74-54(8,9)61-27-38(50(65)66)44(62)37(24-35)43(36)61/h23-24,27,29-34,39-41,45-49,52,63-64,69-71H,16-22,25-26,28H2,1-15H3,(H,58,68)(H,65,66)/b59-42+/t29-,30+,31+,32+,33-,34+,39-,40-,41+,45+,46+,47-,48-,49+,52-,55-,56-,57-/m1/s1. The average molecular weight is 1140 g/mol. The first-order valence-electron chi connectivity index (χ1n) is 28.0. The van der Waals surface area contributed by atoms with E-state index in [2.05, 4.69) is 10.5 Å². The minimum absolute atomic E-state index is 0.0292. The molecule has 5 heterocycles. The lowest BCUT2D eigenvalue weighted by Crippen LogP contribution is -2.61. The molecule has 3 fully saturated rings. The Labute approximate surface area is 469 Å². The van der Waals surface area contributed by atoms with E-state index in [-0.39, 0.29) is 62.4 Å². The number of ether oxygens (including phenoxy) is 9. The minimum Gasteiger partial charge on any atom is -0.477 e. The molecule has 80 heavy (non-hydrogen) atoms. The minimum atomic E-state index is -2.04. The molecule has 4 aliphatic rings. The van der Waals surface area contributed by atoms with Crippen LogP contribution >= 0.6 is 0 Å². The molecular formula is C57H90N4O19. The summed E-state index contributed by atoms with van der Waals surface area (Å²) in [4.78, 5) is 55.1. The van der Waals surface area contributed by atoms with Crippen molar-refractivity contribution in [2.24, 2.45) is 28.8 Å². The highest BCUT2D eigenvalue weighted by molar-refractivity contribution is 5.94. The molecule has 0 spiro atoms. The molecule has 0 unspecified atom stereocenters. The fourth-order valence-electron chi connectivity index (χ4n) is 12.5. The molecule has 1 amide bonds. The number of hydrogen-bond acceptors (Lipinski definition) is 20. The number of pyridine rings is 1. The summed E-state index contributed by atoms with van der Waals surface area (Å²) in [6.45, 7) is 20.9. The highest BCUT2D eigenvalue weighted by Gasteiger charge is 2.54. The van der Waals surface area contributed by atoms with Gasteiger partial charge in [0.05, 0.1) is 66.5 Å². The zero-order valence-electron chi connectivity index (χ0n) is 49.3. The number of aliphatic hydroxyl groups excluding tert-OH is 2. The smallest absolute Gasteiger partial charge is 0.407 e. The highest BCUT2D eigenvalue weighted by atomic mass is 16.7. The zero-order chi connectivity index (χ0) is 59.6. The Morgan fingerprint density at radius 2 is 1.62 bits per heavy atom. The first-order chi connectivity index (χ1) is 37.3. The summed E-state index contributed by atoms with van der Waals surface area (Å²) < 4.78 is 57.9. The SMILES string of the molecule is CC[C@H]1OC(=O)[C@H](C)[C@@H](O[C@H]2C[C@@](C)(OC)[C@@H](OC(=O)NCCOCCCc3cc4c5c(c3)c(=O)c(C(=O)O)cn5C(C)(C)OC4)[C@H](C)O2)[C@H](C)[C@@H](O[C@H]2O[C@@H](C)C[C@@H](N(C)C)[C@@H]2O)[C@](C)(O)C[C@@H](C)/C(=N\O)[C@H](C)[C@@H](O)[C@]1(C)O. The van der Waals surface area contributed by atoms with Crippen LogP contribution < -0.4 is 10.7 Å². The van der Waals surface area contributed by atoms with Gasteiger partial charge in [-0.2, -0.15) is 0 Å². The molecule has 0 saturated carbocycles. The molecule has 452 valence electrons.